The molecular weight excluding hydrogens is 445 g/mol. The molecule has 3 rings (SSSR count). The molecule has 0 aromatic heterocycles. The molecule has 6 nitrogen and oxygen atoms in total. The van der Waals surface area contributed by atoms with Crippen LogP contribution in [0.2, 0.25) is 5.02 Å². The van der Waals surface area contributed by atoms with E-state index in [1.165, 1.54) is 18.2 Å². The van der Waals surface area contributed by atoms with Gasteiger partial charge in [0.05, 0.1) is 5.56 Å². The van der Waals surface area contributed by atoms with Crippen LogP contribution in [0.3, 0.4) is 0 Å². The zero-order chi connectivity index (χ0) is 23.6. The Morgan fingerprint density at radius 3 is 2.12 bits per heavy atom. The highest BCUT2D eigenvalue weighted by Gasteiger charge is 2.22. The highest BCUT2D eigenvalue weighted by molar-refractivity contribution is 6.30. The predicted molar refractivity (Wildman–Crippen MR) is 125 cm³/mol. The lowest BCUT2D eigenvalue weighted by Crippen LogP contribution is -2.49. The molecular formula is C25H23ClFN3O3. The lowest BCUT2D eigenvalue weighted by molar-refractivity contribution is -0.122. The molecule has 3 amide bonds. The van der Waals surface area contributed by atoms with Crippen molar-refractivity contribution >= 4 is 29.3 Å². The van der Waals surface area contributed by atoms with Gasteiger partial charge in [-0.3, -0.25) is 14.4 Å². The Labute approximate surface area is 196 Å². The first kappa shape index (κ1) is 23.9. The van der Waals surface area contributed by atoms with Crippen LogP contribution in [-0.2, 0) is 11.2 Å². The van der Waals surface area contributed by atoms with Crippen molar-refractivity contribution in [3.8, 4) is 0 Å². The second-order valence-corrected chi connectivity index (χ2v) is 7.69. The minimum atomic E-state index is -0.835. The normalized spacial score (nSPS) is 11.3. The zero-order valence-electron chi connectivity index (χ0n) is 17.7. The lowest BCUT2D eigenvalue weighted by Gasteiger charge is -2.19. The largest absolute Gasteiger partial charge is 0.353 e. The summed E-state index contributed by atoms with van der Waals surface area (Å²) in [6.07, 6.45) is 0.285. The highest BCUT2D eigenvalue weighted by Crippen LogP contribution is 2.11. The number of amides is 3. The summed E-state index contributed by atoms with van der Waals surface area (Å²) < 4.78 is 13.7. The quantitative estimate of drug-likeness (QED) is 0.422. The van der Waals surface area contributed by atoms with Crippen LogP contribution in [0.5, 0.6) is 0 Å². The van der Waals surface area contributed by atoms with Gasteiger partial charge in [0.2, 0.25) is 5.91 Å². The molecule has 3 N–H and O–H groups in total. The third-order valence-corrected chi connectivity index (χ3v) is 5.09. The van der Waals surface area contributed by atoms with Gasteiger partial charge in [-0.05, 0) is 42.0 Å². The number of rotatable bonds is 9. The van der Waals surface area contributed by atoms with Crippen LogP contribution in [0.1, 0.15) is 26.3 Å². The summed E-state index contributed by atoms with van der Waals surface area (Å²) in [6, 6.07) is 20.5. The Hall–Kier alpha value is -3.71. The molecule has 0 fully saturated rings. The van der Waals surface area contributed by atoms with E-state index in [0.717, 1.165) is 5.56 Å². The maximum absolute atomic E-state index is 13.7. The summed E-state index contributed by atoms with van der Waals surface area (Å²) in [7, 11) is 0. The number of hydrogen-bond donors (Lipinski definition) is 3. The van der Waals surface area contributed by atoms with Crippen LogP contribution < -0.4 is 16.0 Å². The number of hydrogen-bond acceptors (Lipinski definition) is 3. The molecule has 0 aliphatic carbocycles. The number of carbonyl (C=O) groups excluding carboxylic acids is 3. The van der Waals surface area contributed by atoms with Crippen LogP contribution in [0.15, 0.2) is 78.9 Å². The maximum atomic E-state index is 13.7. The molecule has 0 saturated carbocycles. The average molecular weight is 468 g/mol. The van der Waals surface area contributed by atoms with Gasteiger partial charge in [-0.2, -0.15) is 0 Å². The van der Waals surface area contributed by atoms with Gasteiger partial charge in [-0.15, -0.1) is 0 Å². The van der Waals surface area contributed by atoms with Crippen LogP contribution in [-0.4, -0.2) is 36.9 Å². The Kier molecular flexibility index (Phi) is 8.55. The molecule has 0 saturated heterocycles. The van der Waals surface area contributed by atoms with Crippen molar-refractivity contribution in [1.29, 1.82) is 0 Å². The second kappa shape index (κ2) is 11.8. The van der Waals surface area contributed by atoms with Crippen molar-refractivity contribution in [2.24, 2.45) is 0 Å². The lowest BCUT2D eigenvalue weighted by atomic mass is 10.0. The highest BCUT2D eigenvalue weighted by atomic mass is 35.5. The van der Waals surface area contributed by atoms with Crippen LogP contribution in [0, 0.1) is 5.82 Å². The molecule has 3 aromatic carbocycles. The maximum Gasteiger partial charge on any atom is 0.254 e. The van der Waals surface area contributed by atoms with Crippen molar-refractivity contribution in [1.82, 2.24) is 16.0 Å². The molecule has 1 atom stereocenters. The number of halogens is 2. The SMILES string of the molecule is O=C(NC(Cc1ccccc1)C(=O)NCCNC(=O)c1ccccc1F)c1ccc(Cl)cc1. The first-order valence-electron chi connectivity index (χ1n) is 10.3. The first-order chi connectivity index (χ1) is 15.9. The van der Waals surface area contributed by atoms with Gasteiger partial charge in [-0.25, -0.2) is 4.39 Å². The summed E-state index contributed by atoms with van der Waals surface area (Å²) in [5.41, 5.74) is 1.19. The average Bonchev–Trinajstić information content (AvgIpc) is 2.82. The van der Waals surface area contributed by atoms with E-state index in [0.29, 0.717) is 10.6 Å². The minimum Gasteiger partial charge on any atom is -0.353 e. The smallest absolute Gasteiger partial charge is 0.254 e. The van der Waals surface area contributed by atoms with E-state index < -0.39 is 29.6 Å². The Bertz CT molecular complexity index is 1110. The molecule has 0 bridgehead atoms. The van der Waals surface area contributed by atoms with Crippen molar-refractivity contribution in [2.45, 2.75) is 12.5 Å². The van der Waals surface area contributed by atoms with Gasteiger partial charge in [-0.1, -0.05) is 54.1 Å². The second-order valence-electron chi connectivity index (χ2n) is 7.25. The van der Waals surface area contributed by atoms with E-state index in [1.807, 2.05) is 30.3 Å². The molecule has 8 heteroatoms. The van der Waals surface area contributed by atoms with Gasteiger partial charge in [0, 0.05) is 30.1 Å². The van der Waals surface area contributed by atoms with E-state index in [-0.39, 0.29) is 25.1 Å². The van der Waals surface area contributed by atoms with Gasteiger partial charge in [0.15, 0.2) is 0 Å². The minimum absolute atomic E-state index is 0.0685. The van der Waals surface area contributed by atoms with Gasteiger partial charge in [0.25, 0.3) is 11.8 Å². The van der Waals surface area contributed by atoms with Gasteiger partial charge < -0.3 is 16.0 Å². The van der Waals surface area contributed by atoms with Crippen molar-refractivity contribution in [2.75, 3.05) is 13.1 Å². The van der Waals surface area contributed by atoms with E-state index in [9.17, 15) is 18.8 Å². The zero-order valence-corrected chi connectivity index (χ0v) is 18.4. The van der Waals surface area contributed by atoms with Crippen LogP contribution in [0.25, 0.3) is 0 Å². The third kappa shape index (κ3) is 7.15. The Morgan fingerprint density at radius 1 is 0.788 bits per heavy atom. The molecule has 33 heavy (non-hydrogen) atoms. The van der Waals surface area contributed by atoms with E-state index in [1.54, 1.807) is 30.3 Å². The van der Waals surface area contributed by atoms with E-state index in [2.05, 4.69) is 16.0 Å². The fourth-order valence-electron chi connectivity index (χ4n) is 3.13. The molecule has 1 unspecified atom stereocenters. The van der Waals surface area contributed by atoms with Crippen molar-refractivity contribution < 1.29 is 18.8 Å². The number of benzene rings is 3. The number of carbonyl (C=O) groups is 3. The molecule has 0 heterocycles. The first-order valence-corrected chi connectivity index (χ1v) is 10.7. The Balaban J connectivity index is 1.58. The number of nitrogens with one attached hydrogen (secondary N) is 3. The van der Waals surface area contributed by atoms with Gasteiger partial charge >= 0.3 is 0 Å². The van der Waals surface area contributed by atoms with Crippen molar-refractivity contribution in [3.05, 3.63) is 106 Å². The van der Waals surface area contributed by atoms with Crippen LogP contribution >= 0.6 is 11.6 Å². The Morgan fingerprint density at radius 2 is 1.42 bits per heavy atom. The van der Waals surface area contributed by atoms with E-state index >= 15 is 0 Å². The van der Waals surface area contributed by atoms with Gasteiger partial charge in [0.1, 0.15) is 11.9 Å². The fourth-order valence-corrected chi connectivity index (χ4v) is 3.25. The summed E-state index contributed by atoms with van der Waals surface area (Å²) in [5, 5.41) is 8.52. The topological polar surface area (TPSA) is 87.3 Å². The summed E-state index contributed by atoms with van der Waals surface area (Å²) in [6.45, 7) is 0.212. The van der Waals surface area contributed by atoms with E-state index in [4.69, 9.17) is 11.6 Å². The molecule has 0 aliphatic rings. The standard InChI is InChI=1S/C25H23ClFN3O3/c26-19-12-10-18(11-13-19)23(31)30-22(16-17-6-2-1-3-7-17)25(33)29-15-14-28-24(32)20-8-4-5-9-21(20)27/h1-13,22H,14-16H2,(H,28,32)(H,29,33)(H,30,31). The monoisotopic (exact) mass is 467 g/mol. The molecule has 170 valence electrons. The summed E-state index contributed by atoms with van der Waals surface area (Å²) >= 11 is 5.87. The third-order valence-electron chi connectivity index (χ3n) is 4.84. The summed E-state index contributed by atoms with van der Waals surface area (Å²) in [5.74, 6) is -2.00. The molecule has 3 aromatic rings. The molecule has 0 spiro atoms. The summed E-state index contributed by atoms with van der Waals surface area (Å²) in [4.78, 5) is 37.5. The predicted octanol–water partition coefficient (Wildman–Crippen LogP) is 3.37. The molecule has 0 radical (unpaired) electrons. The van der Waals surface area contributed by atoms with Crippen molar-refractivity contribution in [3.63, 3.8) is 0 Å². The fraction of sp³-hybridized carbons (Fsp3) is 0.160. The van der Waals surface area contributed by atoms with Crippen LogP contribution in [0.4, 0.5) is 4.39 Å². The molecule has 0 aliphatic heterocycles.